The molecule has 2 heterocycles. The first-order valence-corrected chi connectivity index (χ1v) is 8.47. The lowest BCUT2D eigenvalue weighted by Gasteiger charge is -2.13. The highest BCUT2D eigenvalue weighted by Gasteiger charge is 2.11. The Bertz CT molecular complexity index is 880. The van der Waals surface area contributed by atoms with Crippen LogP contribution < -0.4 is 16.3 Å². The van der Waals surface area contributed by atoms with Crippen LogP contribution in [0.5, 0.6) is 0 Å². The first kappa shape index (κ1) is 16.1. The molecular weight excluding hydrogens is 324 g/mol. The second-order valence-corrected chi connectivity index (χ2v) is 6.33. The molecule has 3 rings (SSSR count). The Morgan fingerprint density at radius 1 is 1.25 bits per heavy atom. The third kappa shape index (κ3) is 3.57. The van der Waals surface area contributed by atoms with Gasteiger partial charge in [0.15, 0.2) is 0 Å². The minimum Gasteiger partial charge on any atom is -0.338 e. The lowest BCUT2D eigenvalue weighted by molar-refractivity contribution is 0.252. The molecule has 3 aromatic rings. The average molecular weight is 342 g/mol. The van der Waals surface area contributed by atoms with Gasteiger partial charge in [0.2, 0.25) is 0 Å². The maximum Gasteiger partial charge on any atom is 0.330 e. The molecule has 0 aliphatic heterocycles. The van der Waals surface area contributed by atoms with Crippen molar-refractivity contribution in [1.82, 2.24) is 14.9 Å². The predicted octanol–water partition coefficient (Wildman–Crippen LogP) is 2.90. The van der Waals surface area contributed by atoms with Crippen molar-refractivity contribution in [3.05, 3.63) is 69.0 Å². The van der Waals surface area contributed by atoms with E-state index in [4.69, 9.17) is 0 Å². The van der Waals surface area contributed by atoms with Crippen LogP contribution in [0, 0.1) is 6.92 Å². The van der Waals surface area contributed by atoms with E-state index in [0.29, 0.717) is 17.9 Å². The van der Waals surface area contributed by atoms with Gasteiger partial charge in [0.1, 0.15) is 0 Å². The number of carbonyl (C=O) groups excluding carboxylic acids is 1. The van der Waals surface area contributed by atoms with Gasteiger partial charge in [-0.3, -0.25) is 4.57 Å². The molecule has 124 valence electrons. The van der Waals surface area contributed by atoms with Gasteiger partial charge in [-0.05, 0) is 36.9 Å². The lowest BCUT2D eigenvalue weighted by atomic mass is 10.2. The van der Waals surface area contributed by atoms with Crippen LogP contribution in [0.3, 0.4) is 0 Å². The summed E-state index contributed by atoms with van der Waals surface area (Å²) in [7, 11) is 0. The van der Waals surface area contributed by atoms with Crippen molar-refractivity contribution in [2.45, 2.75) is 13.3 Å². The molecule has 0 fully saturated rings. The Balaban J connectivity index is 1.69. The zero-order chi connectivity index (χ0) is 16.9. The van der Waals surface area contributed by atoms with Gasteiger partial charge >= 0.3 is 11.7 Å². The molecule has 7 heteroatoms. The number of hydrogen-bond donors (Lipinski definition) is 3. The van der Waals surface area contributed by atoms with E-state index in [1.54, 1.807) is 29.7 Å². The molecule has 0 unspecified atom stereocenters. The standard InChI is InChI=1S/C17H18N4O2S/c1-12-11-19-17(23)21(12)15-7-3-2-6-14(15)20-16(22)18-9-8-13-5-4-10-24-13/h2-7,10-11H,8-9H2,1H3,(H,19,23)(H2,18,20,22). The van der Waals surface area contributed by atoms with E-state index in [9.17, 15) is 9.59 Å². The third-order valence-corrected chi connectivity index (χ3v) is 4.53. The maximum absolute atomic E-state index is 12.1. The van der Waals surface area contributed by atoms with Crippen molar-refractivity contribution in [3.63, 3.8) is 0 Å². The highest BCUT2D eigenvalue weighted by molar-refractivity contribution is 7.09. The summed E-state index contributed by atoms with van der Waals surface area (Å²) in [6.07, 6.45) is 2.43. The third-order valence-electron chi connectivity index (χ3n) is 3.59. The van der Waals surface area contributed by atoms with Crippen LogP contribution in [0.15, 0.2) is 52.8 Å². The van der Waals surface area contributed by atoms with E-state index in [1.165, 1.54) is 9.44 Å². The van der Waals surface area contributed by atoms with Gasteiger partial charge in [0, 0.05) is 23.3 Å². The summed E-state index contributed by atoms with van der Waals surface area (Å²) in [5, 5.41) is 7.66. The number of amides is 2. The molecule has 2 aromatic heterocycles. The van der Waals surface area contributed by atoms with E-state index in [-0.39, 0.29) is 11.7 Å². The first-order valence-electron chi connectivity index (χ1n) is 7.59. The molecule has 0 radical (unpaired) electrons. The number of aromatic nitrogens is 2. The molecule has 0 aliphatic carbocycles. The van der Waals surface area contributed by atoms with Crippen molar-refractivity contribution in [1.29, 1.82) is 0 Å². The Kier molecular flexibility index (Phi) is 4.81. The van der Waals surface area contributed by atoms with E-state index in [1.807, 2.05) is 36.6 Å². The summed E-state index contributed by atoms with van der Waals surface area (Å²) >= 11 is 1.67. The lowest BCUT2D eigenvalue weighted by Crippen LogP contribution is -2.31. The fourth-order valence-electron chi connectivity index (χ4n) is 2.45. The minimum atomic E-state index is -0.291. The molecule has 3 N–H and O–H groups in total. The molecule has 6 nitrogen and oxygen atoms in total. The monoisotopic (exact) mass is 342 g/mol. The molecule has 0 saturated heterocycles. The SMILES string of the molecule is Cc1c[nH]c(=O)n1-c1ccccc1NC(=O)NCCc1cccs1. The van der Waals surface area contributed by atoms with Crippen LogP contribution in [-0.4, -0.2) is 22.1 Å². The zero-order valence-corrected chi connectivity index (χ0v) is 14.0. The zero-order valence-electron chi connectivity index (χ0n) is 13.2. The van der Waals surface area contributed by atoms with Gasteiger partial charge in [-0.15, -0.1) is 11.3 Å². The molecule has 24 heavy (non-hydrogen) atoms. The van der Waals surface area contributed by atoms with Crippen molar-refractivity contribution in [2.24, 2.45) is 0 Å². The predicted molar refractivity (Wildman–Crippen MR) is 96.2 cm³/mol. The van der Waals surface area contributed by atoms with E-state index >= 15 is 0 Å². The molecule has 0 saturated carbocycles. The summed E-state index contributed by atoms with van der Waals surface area (Å²) in [4.78, 5) is 28.0. The number of carbonyl (C=O) groups is 1. The summed E-state index contributed by atoms with van der Waals surface area (Å²) in [5.74, 6) is 0. The van der Waals surface area contributed by atoms with Gasteiger partial charge < -0.3 is 15.6 Å². The number of aromatic amines is 1. The number of nitrogens with zero attached hydrogens (tertiary/aromatic N) is 1. The van der Waals surface area contributed by atoms with Gasteiger partial charge in [-0.2, -0.15) is 0 Å². The first-order chi connectivity index (χ1) is 11.6. The number of hydrogen-bond acceptors (Lipinski definition) is 3. The second-order valence-electron chi connectivity index (χ2n) is 5.30. The molecule has 0 spiro atoms. The Morgan fingerprint density at radius 3 is 2.79 bits per heavy atom. The minimum absolute atomic E-state index is 0.236. The van der Waals surface area contributed by atoms with E-state index < -0.39 is 0 Å². The summed E-state index contributed by atoms with van der Waals surface area (Å²) < 4.78 is 1.53. The highest BCUT2D eigenvalue weighted by Crippen LogP contribution is 2.19. The van der Waals surface area contributed by atoms with Gasteiger partial charge in [0.05, 0.1) is 11.4 Å². The van der Waals surface area contributed by atoms with Crippen LogP contribution in [0.1, 0.15) is 10.6 Å². The average Bonchev–Trinajstić information content (AvgIpc) is 3.19. The number of H-pyrrole nitrogens is 1. The van der Waals surface area contributed by atoms with Gasteiger partial charge in [-0.1, -0.05) is 18.2 Å². The number of aryl methyl sites for hydroxylation is 1. The van der Waals surface area contributed by atoms with Crippen molar-refractivity contribution in [3.8, 4) is 5.69 Å². The quantitative estimate of drug-likeness (QED) is 0.666. The molecule has 2 amide bonds. The van der Waals surface area contributed by atoms with Crippen LogP contribution >= 0.6 is 11.3 Å². The number of thiophene rings is 1. The number of imidazole rings is 1. The molecule has 0 atom stereocenters. The van der Waals surface area contributed by atoms with Crippen molar-refractivity contribution < 1.29 is 4.79 Å². The summed E-state index contributed by atoms with van der Waals surface area (Å²) in [6, 6.07) is 11.0. The Morgan fingerprint density at radius 2 is 2.08 bits per heavy atom. The molecular formula is C17H18N4O2S. The van der Waals surface area contributed by atoms with Crippen LogP contribution in [0.25, 0.3) is 5.69 Å². The van der Waals surface area contributed by atoms with Crippen LogP contribution in [-0.2, 0) is 6.42 Å². The topological polar surface area (TPSA) is 78.9 Å². The fraction of sp³-hybridized carbons (Fsp3) is 0.176. The van der Waals surface area contributed by atoms with E-state index in [2.05, 4.69) is 15.6 Å². The maximum atomic E-state index is 12.1. The fourth-order valence-corrected chi connectivity index (χ4v) is 3.16. The highest BCUT2D eigenvalue weighted by atomic mass is 32.1. The van der Waals surface area contributed by atoms with Gasteiger partial charge in [0.25, 0.3) is 0 Å². The van der Waals surface area contributed by atoms with Crippen molar-refractivity contribution in [2.75, 3.05) is 11.9 Å². The number of anilines is 1. The van der Waals surface area contributed by atoms with Crippen molar-refractivity contribution >= 4 is 23.1 Å². The normalized spacial score (nSPS) is 10.5. The summed E-state index contributed by atoms with van der Waals surface area (Å²) in [5.41, 5.74) is 1.75. The molecule has 0 aliphatic rings. The smallest absolute Gasteiger partial charge is 0.330 e. The summed E-state index contributed by atoms with van der Waals surface area (Å²) in [6.45, 7) is 2.38. The number of urea groups is 1. The Labute approximate surface area is 143 Å². The van der Waals surface area contributed by atoms with E-state index in [0.717, 1.165) is 12.1 Å². The number of benzene rings is 1. The number of nitrogens with one attached hydrogen (secondary N) is 3. The van der Waals surface area contributed by atoms with Crippen LogP contribution in [0.2, 0.25) is 0 Å². The second kappa shape index (κ2) is 7.18. The number of para-hydroxylation sites is 2. The largest absolute Gasteiger partial charge is 0.338 e. The molecule has 0 bridgehead atoms. The molecule has 1 aromatic carbocycles. The van der Waals surface area contributed by atoms with Crippen LogP contribution in [0.4, 0.5) is 10.5 Å². The van der Waals surface area contributed by atoms with Gasteiger partial charge in [-0.25, -0.2) is 9.59 Å². The Hall–Kier alpha value is -2.80. The number of rotatable bonds is 5.